The molecule has 1 aliphatic carbocycles. The molecule has 1 saturated carbocycles. The van der Waals surface area contributed by atoms with Crippen molar-refractivity contribution in [3.63, 3.8) is 0 Å². The van der Waals surface area contributed by atoms with E-state index < -0.39 is 5.82 Å². The molecule has 2 rings (SSSR count). The number of aromatic nitrogens is 1. The molecule has 0 atom stereocenters. The lowest BCUT2D eigenvalue weighted by Gasteiger charge is -1.99. The molecule has 3 heteroatoms. The summed E-state index contributed by atoms with van der Waals surface area (Å²) in [6.07, 6.45) is 5.21. The van der Waals surface area contributed by atoms with Gasteiger partial charge in [0.1, 0.15) is 5.69 Å². The lowest BCUT2D eigenvalue weighted by molar-refractivity contribution is 0.0969. The first-order chi connectivity index (χ1) is 6.77. The molecule has 0 aromatic carbocycles. The van der Waals surface area contributed by atoms with E-state index in [0.29, 0.717) is 12.3 Å². The maximum Gasteiger partial charge on any atom is 0.184 e. The summed E-state index contributed by atoms with van der Waals surface area (Å²) in [4.78, 5) is 15.2. The molecule has 1 aromatic heterocycles. The van der Waals surface area contributed by atoms with Crippen LogP contribution in [0.4, 0.5) is 4.39 Å². The molecule has 0 spiro atoms. The summed E-state index contributed by atoms with van der Waals surface area (Å²) in [6.45, 7) is 0. The number of hydrogen-bond donors (Lipinski definition) is 0. The van der Waals surface area contributed by atoms with Crippen molar-refractivity contribution in [3.8, 4) is 0 Å². The van der Waals surface area contributed by atoms with Crippen LogP contribution in [0.2, 0.25) is 0 Å². The fourth-order valence-electron chi connectivity index (χ4n) is 1.45. The highest BCUT2D eigenvalue weighted by atomic mass is 19.1. The van der Waals surface area contributed by atoms with Crippen LogP contribution < -0.4 is 0 Å². The predicted octanol–water partition coefficient (Wildman–Crippen LogP) is 2.59. The first-order valence-corrected chi connectivity index (χ1v) is 4.91. The Morgan fingerprint density at radius 3 is 3.00 bits per heavy atom. The molecule has 1 aromatic rings. The molecular weight excluding hydrogens is 181 g/mol. The van der Waals surface area contributed by atoms with E-state index in [-0.39, 0.29) is 11.5 Å². The van der Waals surface area contributed by atoms with Gasteiger partial charge in [-0.3, -0.25) is 9.78 Å². The second-order valence-corrected chi connectivity index (χ2v) is 3.74. The molecule has 2 nitrogen and oxygen atoms in total. The van der Waals surface area contributed by atoms with Gasteiger partial charge in [-0.1, -0.05) is 12.8 Å². The lowest BCUT2D eigenvalue weighted by atomic mass is 10.1. The van der Waals surface area contributed by atoms with Gasteiger partial charge in [-0.2, -0.15) is 0 Å². The second-order valence-electron chi connectivity index (χ2n) is 3.74. The molecule has 1 aliphatic rings. The largest absolute Gasteiger partial charge is 0.292 e. The Kier molecular flexibility index (Phi) is 2.57. The first kappa shape index (κ1) is 9.31. The van der Waals surface area contributed by atoms with E-state index in [1.807, 2.05) is 0 Å². The molecule has 1 heterocycles. The average Bonchev–Trinajstić information content (AvgIpc) is 2.98. The highest BCUT2D eigenvalue weighted by Crippen LogP contribution is 2.33. The van der Waals surface area contributed by atoms with Crippen LogP contribution in [-0.4, -0.2) is 10.8 Å². The predicted molar refractivity (Wildman–Crippen MR) is 50.5 cm³/mol. The average molecular weight is 193 g/mol. The number of ketones is 1. The normalized spacial score (nSPS) is 15.5. The molecule has 0 N–H and O–H groups in total. The van der Waals surface area contributed by atoms with Crippen LogP contribution in [0.5, 0.6) is 0 Å². The zero-order valence-electron chi connectivity index (χ0n) is 7.87. The maximum absolute atomic E-state index is 13.1. The van der Waals surface area contributed by atoms with E-state index in [9.17, 15) is 9.18 Å². The monoisotopic (exact) mass is 193 g/mol. The van der Waals surface area contributed by atoms with E-state index in [4.69, 9.17) is 0 Å². The molecule has 0 bridgehead atoms. The van der Waals surface area contributed by atoms with Gasteiger partial charge in [-0.25, -0.2) is 4.39 Å². The smallest absolute Gasteiger partial charge is 0.184 e. The number of nitrogens with zero attached hydrogens (tertiary/aromatic N) is 1. The number of hydrogen-bond acceptors (Lipinski definition) is 2. The summed E-state index contributed by atoms with van der Waals surface area (Å²) in [7, 11) is 0. The Balaban J connectivity index is 1.98. The number of pyridine rings is 1. The third-order valence-corrected chi connectivity index (χ3v) is 2.50. The van der Waals surface area contributed by atoms with E-state index >= 15 is 0 Å². The van der Waals surface area contributed by atoms with Crippen LogP contribution in [0.1, 0.15) is 36.2 Å². The summed E-state index contributed by atoms with van der Waals surface area (Å²) in [5.74, 6) is 0.0222. The van der Waals surface area contributed by atoms with Gasteiger partial charge in [0, 0.05) is 12.6 Å². The van der Waals surface area contributed by atoms with Crippen molar-refractivity contribution in [2.24, 2.45) is 5.92 Å². The molecule has 14 heavy (non-hydrogen) atoms. The molecule has 0 radical (unpaired) electrons. The van der Waals surface area contributed by atoms with Crippen molar-refractivity contribution < 1.29 is 9.18 Å². The summed E-state index contributed by atoms with van der Waals surface area (Å²) in [6, 6.07) is 2.77. The SMILES string of the molecule is O=C(CCC1CC1)c1ncccc1F. The van der Waals surface area contributed by atoms with Crippen LogP contribution in [0.15, 0.2) is 18.3 Å². The van der Waals surface area contributed by atoms with Crippen molar-refractivity contribution in [2.45, 2.75) is 25.7 Å². The number of Topliss-reactive ketones (excluding diaryl/α,β-unsaturated/α-hetero) is 1. The van der Waals surface area contributed by atoms with Crippen LogP contribution >= 0.6 is 0 Å². The van der Waals surface area contributed by atoms with Crippen LogP contribution in [0, 0.1) is 11.7 Å². The summed E-state index contributed by atoms with van der Waals surface area (Å²) < 4.78 is 13.1. The molecule has 0 unspecified atom stereocenters. The summed E-state index contributed by atoms with van der Waals surface area (Å²) in [5.41, 5.74) is -0.00634. The number of carbonyl (C=O) groups excluding carboxylic acids is 1. The molecule has 0 saturated heterocycles. The Morgan fingerprint density at radius 1 is 1.57 bits per heavy atom. The minimum Gasteiger partial charge on any atom is -0.292 e. The third-order valence-electron chi connectivity index (χ3n) is 2.50. The van der Waals surface area contributed by atoms with Crippen molar-refractivity contribution in [1.82, 2.24) is 4.98 Å². The number of halogens is 1. The zero-order valence-corrected chi connectivity index (χ0v) is 7.87. The standard InChI is InChI=1S/C11H12FNO/c12-9-2-1-7-13-11(9)10(14)6-5-8-3-4-8/h1-2,7-8H,3-6H2. The molecule has 74 valence electrons. The molecule has 0 amide bonds. The summed E-state index contributed by atoms with van der Waals surface area (Å²) >= 11 is 0. The molecule has 0 aliphatic heterocycles. The van der Waals surface area contributed by atoms with Crippen LogP contribution in [-0.2, 0) is 0 Å². The highest BCUT2D eigenvalue weighted by Gasteiger charge is 2.23. The van der Waals surface area contributed by atoms with E-state index in [1.165, 1.54) is 31.2 Å². The lowest BCUT2D eigenvalue weighted by Crippen LogP contribution is -2.05. The number of rotatable bonds is 4. The minimum absolute atomic E-state index is 0.00634. The van der Waals surface area contributed by atoms with Gasteiger partial charge in [0.25, 0.3) is 0 Å². The van der Waals surface area contributed by atoms with E-state index in [0.717, 1.165) is 6.42 Å². The van der Waals surface area contributed by atoms with Crippen molar-refractivity contribution in [1.29, 1.82) is 0 Å². The summed E-state index contributed by atoms with van der Waals surface area (Å²) in [5, 5.41) is 0. The highest BCUT2D eigenvalue weighted by molar-refractivity contribution is 5.94. The van der Waals surface area contributed by atoms with Gasteiger partial charge < -0.3 is 0 Å². The minimum atomic E-state index is -0.506. The topological polar surface area (TPSA) is 30.0 Å². The quantitative estimate of drug-likeness (QED) is 0.688. The fraction of sp³-hybridized carbons (Fsp3) is 0.455. The van der Waals surface area contributed by atoms with Gasteiger partial charge >= 0.3 is 0 Å². The Labute approximate surface area is 82.2 Å². The fourth-order valence-corrected chi connectivity index (χ4v) is 1.45. The van der Waals surface area contributed by atoms with Gasteiger partial charge in [-0.05, 0) is 24.5 Å². The number of carbonyl (C=O) groups is 1. The van der Waals surface area contributed by atoms with Gasteiger partial charge in [-0.15, -0.1) is 0 Å². The Bertz CT molecular complexity index is 347. The van der Waals surface area contributed by atoms with Crippen LogP contribution in [0.25, 0.3) is 0 Å². The van der Waals surface area contributed by atoms with Crippen molar-refractivity contribution in [2.75, 3.05) is 0 Å². The molecule has 1 fully saturated rings. The van der Waals surface area contributed by atoms with E-state index in [2.05, 4.69) is 4.98 Å². The maximum atomic E-state index is 13.1. The van der Waals surface area contributed by atoms with Gasteiger partial charge in [0.15, 0.2) is 11.6 Å². The molecular formula is C11H12FNO. The van der Waals surface area contributed by atoms with Crippen molar-refractivity contribution >= 4 is 5.78 Å². The van der Waals surface area contributed by atoms with Gasteiger partial charge in [0.05, 0.1) is 0 Å². The van der Waals surface area contributed by atoms with Crippen LogP contribution in [0.3, 0.4) is 0 Å². The zero-order chi connectivity index (χ0) is 9.97. The Hall–Kier alpha value is -1.25. The second kappa shape index (κ2) is 3.86. The first-order valence-electron chi connectivity index (χ1n) is 4.91. The van der Waals surface area contributed by atoms with Gasteiger partial charge in [0.2, 0.25) is 0 Å². The Morgan fingerprint density at radius 2 is 2.36 bits per heavy atom. The van der Waals surface area contributed by atoms with E-state index in [1.54, 1.807) is 0 Å². The third kappa shape index (κ3) is 2.16. The van der Waals surface area contributed by atoms with Crippen molar-refractivity contribution in [3.05, 3.63) is 29.8 Å².